The summed E-state index contributed by atoms with van der Waals surface area (Å²) in [6.45, 7) is 7.65. The Labute approximate surface area is 165 Å². The molecule has 3 N–H and O–H groups in total. The van der Waals surface area contributed by atoms with Crippen molar-refractivity contribution in [3.05, 3.63) is 29.8 Å². The van der Waals surface area contributed by atoms with E-state index in [0.717, 1.165) is 0 Å². The lowest BCUT2D eigenvalue weighted by atomic mass is 9.85. The van der Waals surface area contributed by atoms with Crippen LogP contribution in [0.5, 0.6) is 0 Å². The number of carbonyl (C=O) groups is 3. The highest BCUT2D eigenvalue weighted by Gasteiger charge is 2.34. The number of hydrogen-bond donors (Lipinski definition) is 3. The number of aliphatic carboxylic acids is 1. The molecule has 1 fully saturated rings. The molecule has 0 saturated heterocycles. The molecule has 1 aliphatic carbocycles. The lowest BCUT2D eigenvalue weighted by molar-refractivity contribution is -0.139. The van der Waals surface area contributed by atoms with E-state index in [2.05, 4.69) is 10.6 Å². The van der Waals surface area contributed by atoms with Gasteiger partial charge in [-0.3, -0.25) is 14.5 Å². The summed E-state index contributed by atoms with van der Waals surface area (Å²) in [7, 11) is 0. The van der Waals surface area contributed by atoms with Crippen LogP contribution < -0.4 is 10.6 Å². The first kappa shape index (κ1) is 21.7. The highest BCUT2D eigenvalue weighted by molar-refractivity contribution is 6.03. The van der Waals surface area contributed by atoms with Crippen LogP contribution in [0.2, 0.25) is 0 Å². The Bertz CT molecular complexity index is 699. The average molecular weight is 390 g/mol. The highest BCUT2D eigenvalue weighted by Crippen LogP contribution is 2.26. The predicted octanol–water partition coefficient (Wildman–Crippen LogP) is 2.23. The van der Waals surface area contributed by atoms with Gasteiger partial charge < -0.3 is 20.6 Å². The first-order chi connectivity index (χ1) is 13.4. The average Bonchev–Trinajstić information content (AvgIpc) is 2.63. The van der Waals surface area contributed by atoms with Crippen LogP contribution in [-0.4, -0.2) is 71.1 Å². The summed E-state index contributed by atoms with van der Waals surface area (Å²) in [5.74, 6) is -0.956. The van der Waals surface area contributed by atoms with Gasteiger partial charge in [0.1, 0.15) is 0 Å². The van der Waals surface area contributed by atoms with E-state index in [1.54, 1.807) is 29.2 Å². The van der Waals surface area contributed by atoms with Gasteiger partial charge in [0.15, 0.2) is 0 Å². The first-order valence-corrected chi connectivity index (χ1v) is 9.81. The molecule has 0 heterocycles. The van der Waals surface area contributed by atoms with Gasteiger partial charge in [0.05, 0.1) is 17.8 Å². The van der Waals surface area contributed by atoms with Crippen molar-refractivity contribution in [3.63, 3.8) is 0 Å². The molecule has 0 bridgehead atoms. The zero-order valence-corrected chi connectivity index (χ0v) is 16.8. The van der Waals surface area contributed by atoms with Crippen LogP contribution in [0.1, 0.15) is 44.0 Å². The Balaban J connectivity index is 1.91. The molecule has 0 radical (unpaired) electrons. The standard InChI is InChI=1S/C20H30N4O4/c1-4-23(5-2)19(27)16-9-7-8-10-17(16)22-20(28)21-14-11-15(12-14)24(6-3)13-18(25)26/h7-10,14-15H,4-6,11-13H2,1-3H3,(H,25,26)(H2,21,22,28). The Morgan fingerprint density at radius 1 is 1.07 bits per heavy atom. The van der Waals surface area contributed by atoms with Gasteiger partial charge in [0.2, 0.25) is 0 Å². The summed E-state index contributed by atoms with van der Waals surface area (Å²) in [6, 6.07) is 6.79. The molecule has 1 aliphatic rings. The van der Waals surface area contributed by atoms with Crippen molar-refractivity contribution >= 4 is 23.6 Å². The molecule has 0 aromatic heterocycles. The predicted molar refractivity (Wildman–Crippen MR) is 108 cm³/mol. The van der Waals surface area contributed by atoms with Crippen molar-refractivity contribution in [2.75, 3.05) is 31.5 Å². The first-order valence-electron chi connectivity index (χ1n) is 9.81. The van der Waals surface area contributed by atoms with Gasteiger partial charge in [-0.1, -0.05) is 19.1 Å². The number of likely N-dealkylation sites (N-methyl/N-ethyl adjacent to an activating group) is 1. The minimum absolute atomic E-state index is 0.00140. The molecule has 1 aromatic carbocycles. The van der Waals surface area contributed by atoms with Crippen molar-refractivity contribution in [3.8, 4) is 0 Å². The smallest absolute Gasteiger partial charge is 0.319 e. The van der Waals surface area contributed by atoms with E-state index >= 15 is 0 Å². The number of carbonyl (C=O) groups excluding carboxylic acids is 2. The Kier molecular flexibility index (Phi) is 7.80. The molecule has 0 atom stereocenters. The molecule has 28 heavy (non-hydrogen) atoms. The van der Waals surface area contributed by atoms with E-state index in [0.29, 0.717) is 43.7 Å². The zero-order chi connectivity index (χ0) is 20.7. The number of urea groups is 1. The number of anilines is 1. The van der Waals surface area contributed by atoms with Crippen molar-refractivity contribution < 1.29 is 19.5 Å². The number of amides is 3. The molecule has 0 unspecified atom stereocenters. The number of nitrogens with one attached hydrogen (secondary N) is 2. The minimum Gasteiger partial charge on any atom is -0.480 e. The fourth-order valence-electron chi connectivity index (χ4n) is 3.48. The maximum Gasteiger partial charge on any atom is 0.319 e. The second-order valence-corrected chi connectivity index (χ2v) is 6.90. The molecule has 8 heteroatoms. The van der Waals surface area contributed by atoms with E-state index in [1.807, 2.05) is 25.7 Å². The third-order valence-electron chi connectivity index (χ3n) is 5.17. The summed E-state index contributed by atoms with van der Waals surface area (Å²) in [5.41, 5.74) is 0.945. The highest BCUT2D eigenvalue weighted by atomic mass is 16.4. The van der Waals surface area contributed by atoms with Gasteiger partial charge in [-0.2, -0.15) is 0 Å². The SMILES string of the molecule is CCN(CC)C(=O)c1ccccc1NC(=O)NC1CC(N(CC)CC(=O)O)C1. The number of nitrogens with zero attached hydrogens (tertiary/aromatic N) is 2. The number of carboxylic acids is 1. The fourth-order valence-corrected chi connectivity index (χ4v) is 3.48. The van der Waals surface area contributed by atoms with E-state index < -0.39 is 5.97 Å². The lowest BCUT2D eigenvalue weighted by Crippen LogP contribution is -2.55. The quantitative estimate of drug-likeness (QED) is 0.600. The molecule has 2 rings (SSSR count). The molecule has 1 aromatic rings. The zero-order valence-electron chi connectivity index (χ0n) is 16.8. The minimum atomic E-state index is -0.842. The van der Waals surface area contributed by atoms with E-state index in [4.69, 9.17) is 5.11 Å². The number of benzene rings is 1. The maximum atomic E-state index is 12.6. The molecule has 154 valence electrons. The number of hydrogen-bond acceptors (Lipinski definition) is 4. The Hall–Kier alpha value is -2.61. The summed E-state index contributed by atoms with van der Waals surface area (Å²) >= 11 is 0. The summed E-state index contributed by atoms with van der Waals surface area (Å²) in [5, 5.41) is 14.6. The largest absolute Gasteiger partial charge is 0.480 e. The molecule has 0 spiro atoms. The molecule has 8 nitrogen and oxygen atoms in total. The Morgan fingerprint density at radius 3 is 2.29 bits per heavy atom. The molecular formula is C20H30N4O4. The number of para-hydroxylation sites is 1. The summed E-state index contributed by atoms with van der Waals surface area (Å²) in [6.07, 6.45) is 1.43. The molecule has 3 amide bonds. The van der Waals surface area contributed by atoms with Crippen molar-refractivity contribution in [2.24, 2.45) is 0 Å². The van der Waals surface area contributed by atoms with Gasteiger partial charge in [-0.05, 0) is 45.4 Å². The lowest BCUT2D eigenvalue weighted by Gasteiger charge is -2.42. The monoisotopic (exact) mass is 390 g/mol. The van der Waals surface area contributed by atoms with Crippen LogP contribution in [0.3, 0.4) is 0 Å². The van der Waals surface area contributed by atoms with Gasteiger partial charge in [0.25, 0.3) is 5.91 Å². The van der Waals surface area contributed by atoms with Crippen LogP contribution in [0.15, 0.2) is 24.3 Å². The van der Waals surface area contributed by atoms with Crippen molar-refractivity contribution in [2.45, 2.75) is 45.7 Å². The van der Waals surface area contributed by atoms with Gasteiger partial charge >= 0.3 is 12.0 Å². The van der Waals surface area contributed by atoms with E-state index in [-0.39, 0.29) is 30.6 Å². The van der Waals surface area contributed by atoms with Gasteiger partial charge in [-0.25, -0.2) is 4.79 Å². The van der Waals surface area contributed by atoms with Crippen LogP contribution in [0, 0.1) is 0 Å². The normalized spacial score (nSPS) is 18.3. The second kappa shape index (κ2) is 10.1. The van der Waals surface area contributed by atoms with E-state index in [9.17, 15) is 14.4 Å². The van der Waals surface area contributed by atoms with Gasteiger partial charge in [-0.15, -0.1) is 0 Å². The fraction of sp³-hybridized carbons (Fsp3) is 0.550. The van der Waals surface area contributed by atoms with Crippen LogP contribution >= 0.6 is 0 Å². The summed E-state index contributed by atoms with van der Waals surface area (Å²) in [4.78, 5) is 39.5. The van der Waals surface area contributed by atoms with E-state index in [1.165, 1.54) is 0 Å². The topological polar surface area (TPSA) is 102 Å². The number of carboxylic acid groups (broad SMARTS) is 1. The third kappa shape index (κ3) is 5.45. The van der Waals surface area contributed by atoms with Crippen LogP contribution in [-0.2, 0) is 4.79 Å². The molecule has 0 aliphatic heterocycles. The van der Waals surface area contributed by atoms with Crippen molar-refractivity contribution in [1.29, 1.82) is 0 Å². The third-order valence-corrected chi connectivity index (χ3v) is 5.17. The Morgan fingerprint density at radius 2 is 1.71 bits per heavy atom. The molecular weight excluding hydrogens is 360 g/mol. The second-order valence-electron chi connectivity index (χ2n) is 6.90. The maximum absolute atomic E-state index is 12.6. The van der Waals surface area contributed by atoms with Gasteiger partial charge in [0, 0.05) is 25.2 Å². The summed E-state index contributed by atoms with van der Waals surface area (Å²) < 4.78 is 0. The van der Waals surface area contributed by atoms with Crippen LogP contribution in [0.4, 0.5) is 10.5 Å². The van der Waals surface area contributed by atoms with Crippen LogP contribution in [0.25, 0.3) is 0 Å². The van der Waals surface area contributed by atoms with Crippen molar-refractivity contribution in [1.82, 2.24) is 15.1 Å². The number of rotatable bonds is 9. The molecule has 1 saturated carbocycles.